The lowest BCUT2D eigenvalue weighted by molar-refractivity contribution is 0.920. The van der Waals surface area contributed by atoms with Crippen LogP contribution in [0.15, 0.2) is 35.4 Å². The third-order valence-electron chi connectivity index (χ3n) is 1.72. The van der Waals surface area contributed by atoms with Crippen molar-refractivity contribution >= 4 is 5.69 Å². The second-order valence-electron chi connectivity index (χ2n) is 2.58. The molecule has 66 valence electrons. The number of nitrogens with zero attached hydrogens (tertiary/aromatic N) is 2. The maximum Gasteiger partial charge on any atom is 0.279 e. The number of pyridine rings is 1. The van der Waals surface area contributed by atoms with E-state index < -0.39 is 0 Å². The van der Waals surface area contributed by atoms with Crippen molar-refractivity contribution in [3.63, 3.8) is 0 Å². The molecule has 0 saturated heterocycles. The summed E-state index contributed by atoms with van der Waals surface area (Å²) in [6.45, 7) is 0. The summed E-state index contributed by atoms with van der Waals surface area (Å²) in [6.07, 6.45) is 3.21. The summed E-state index contributed by atoms with van der Waals surface area (Å²) in [5.74, 6) is 0.609. The Morgan fingerprint density at radius 3 is 3.00 bits per heavy atom. The van der Waals surface area contributed by atoms with E-state index in [0.717, 1.165) is 0 Å². The average Bonchev–Trinajstić information content (AvgIpc) is 2.62. The highest BCUT2D eigenvalue weighted by atomic mass is 16.1. The molecular weight excluding hydrogens is 168 g/mol. The van der Waals surface area contributed by atoms with Gasteiger partial charge in [-0.25, -0.2) is 0 Å². The zero-order valence-electron chi connectivity index (χ0n) is 6.77. The highest BCUT2D eigenvalue weighted by Crippen LogP contribution is 1.99. The number of hydrogen-bond donors (Lipinski definition) is 2. The fraction of sp³-hybridized carbons (Fsp3) is 0. The van der Waals surface area contributed by atoms with E-state index in [1.807, 2.05) is 0 Å². The number of H-pyrrole nitrogens is 1. The molecule has 0 aromatic carbocycles. The fourth-order valence-corrected chi connectivity index (χ4v) is 1.08. The molecule has 5 nitrogen and oxygen atoms in total. The van der Waals surface area contributed by atoms with Gasteiger partial charge in [0, 0.05) is 12.3 Å². The molecule has 2 aromatic rings. The molecule has 5 heteroatoms. The molecule has 0 aliphatic rings. The minimum Gasteiger partial charge on any atom is -0.394 e. The van der Waals surface area contributed by atoms with Gasteiger partial charge in [0.2, 0.25) is 0 Å². The minimum absolute atomic E-state index is 0.220. The molecular formula is C8H8N4O. The van der Waals surface area contributed by atoms with E-state index in [9.17, 15) is 4.79 Å². The van der Waals surface area contributed by atoms with E-state index in [1.54, 1.807) is 30.6 Å². The fourth-order valence-electron chi connectivity index (χ4n) is 1.08. The van der Waals surface area contributed by atoms with Gasteiger partial charge in [-0.15, -0.1) is 0 Å². The van der Waals surface area contributed by atoms with Crippen LogP contribution in [-0.2, 0) is 0 Å². The Bertz CT molecular complexity index is 457. The number of nitrogen functional groups attached to an aromatic ring is 1. The summed E-state index contributed by atoms with van der Waals surface area (Å²) in [5, 5.41) is 6.42. The van der Waals surface area contributed by atoms with Gasteiger partial charge < -0.3 is 5.73 Å². The van der Waals surface area contributed by atoms with Gasteiger partial charge in [-0.2, -0.15) is 5.10 Å². The molecule has 3 N–H and O–H groups in total. The van der Waals surface area contributed by atoms with Gasteiger partial charge in [0.05, 0.1) is 11.9 Å². The van der Waals surface area contributed by atoms with Crippen molar-refractivity contribution in [2.75, 3.05) is 5.73 Å². The van der Waals surface area contributed by atoms with Gasteiger partial charge >= 0.3 is 0 Å². The van der Waals surface area contributed by atoms with Crippen LogP contribution < -0.4 is 11.3 Å². The van der Waals surface area contributed by atoms with E-state index in [-0.39, 0.29) is 11.2 Å². The number of nitrogens with two attached hydrogens (primary N) is 1. The van der Waals surface area contributed by atoms with Crippen LogP contribution in [0.3, 0.4) is 0 Å². The summed E-state index contributed by atoms with van der Waals surface area (Å²) in [7, 11) is 0. The first-order valence-corrected chi connectivity index (χ1v) is 3.76. The van der Waals surface area contributed by atoms with Crippen molar-refractivity contribution < 1.29 is 0 Å². The molecule has 2 aromatic heterocycles. The third-order valence-corrected chi connectivity index (χ3v) is 1.72. The second kappa shape index (κ2) is 2.78. The number of anilines is 1. The van der Waals surface area contributed by atoms with Gasteiger partial charge in [-0.1, -0.05) is 0 Å². The van der Waals surface area contributed by atoms with Crippen LogP contribution in [0.4, 0.5) is 5.69 Å². The SMILES string of the molecule is Nc1cccn(-c2ccn[nH]2)c1=O. The summed E-state index contributed by atoms with van der Waals surface area (Å²) in [5.41, 5.74) is 5.43. The van der Waals surface area contributed by atoms with Gasteiger partial charge in [0.15, 0.2) is 0 Å². The van der Waals surface area contributed by atoms with E-state index >= 15 is 0 Å². The van der Waals surface area contributed by atoms with Crippen LogP contribution in [0.5, 0.6) is 0 Å². The van der Waals surface area contributed by atoms with Crippen LogP contribution in [0.25, 0.3) is 5.82 Å². The Labute approximate surface area is 73.8 Å². The smallest absolute Gasteiger partial charge is 0.279 e. The lowest BCUT2D eigenvalue weighted by atomic mass is 10.4. The monoisotopic (exact) mass is 176 g/mol. The molecule has 0 atom stereocenters. The van der Waals surface area contributed by atoms with Crippen molar-refractivity contribution in [3.05, 3.63) is 40.9 Å². The largest absolute Gasteiger partial charge is 0.394 e. The van der Waals surface area contributed by atoms with E-state index in [1.165, 1.54) is 4.57 Å². The normalized spacial score (nSPS) is 10.2. The van der Waals surface area contributed by atoms with Crippen molar-refractivity contribution in [1.82, 2.24) is 14.8 Å². The first kappa shape index (κ1) is 7.60. The summed E-state index contributed by atoms with van der Waals surface area (Å²) in [6, 6.07) is 4.97. The van der Waals surface area contributed by atoms with Gasteiger partial charge in [-0.05, 0) is 12.1 Å². The zero-order chi connectivity index (χ0) is 9.26. The van der Waals surface area contributed by atoms with Crippen LogP contribution in [0.2, 0.25) is 0 Å². The van der Waals surface area contributed by atoms with E-state index in [0.29, 0.717) is 5.82 Å². The molecule has 0 radical (unpaired) electrons. The van der Waals surface area contributed by atoms with E-state index in [2.05, 4.69) is 10.2 Å². The topological polar surface area (TPSA) is 76.7 Å². The van der Waals surface area contributed by atoms with Crippen LogP contribution in [-0.4, -0.2) is 14.8 Å². The molecule has 0 amide bonds. The standard InChI is InChI=1S/C8H8N4O/c9-6-2-1-5-12(8(6)13)7-3-4-10-11-7/h1-5H,9H2,(H,10,11). The molecule has 0 unspecified atom stereocenters. The first-order valence-electron chi connectivity index (χ1n) is 3.76. The van der Waals surface area contributed by atoms with Crippen LogP contribution in [0.1, 0.15) is 0 Å². The Hall–Kier alpha value is -2.04. The second-order valence-corrected chi connectivity index (χ2v) is 2.58. The first-order chi connectivity index (χ1) is 6.29. The highest BCUT2D eigenvalue weighted by molar-refractivity contribution is 5.37. The minimum atomic E-state index is -0.244. The summed E-state index contributed by atoms with van der Waals surface area (Å²) < 4.78 is 1.41. The van der Waals surface area contributed by atoms with Crippen molar-refractivity contribution in [2.24, 2.45) is 0 Å². The molecule has 0 spiro atoms. The predicted octanol–water partition coefficient (Wildman–Crippen LogP) is 0.143. The van der Waals surface area contributed by atoms with Crippen LogP contribution in [0, 0.1) is 0 Å². The average molecular weight is 176 g/mol. The molecule has 2 heterocycles. The van der Waals surface area contributed by atoms with Crippen molar-refractivity contribution in [3.8, 4) is 5.82 Å². The van der Waals surface area contributed by atoms with Gasteiger partial charge in [0.25, 0.3) is 5.56 Å². The molecule has 13 heavy (non-hydrogen) atoms. The number of nitrogens with one attached hydrogen (secondary N) is 1. The molecule has 0 bridgehead atoms. The molecule has 0 fully saturated rings. The highest BCUT2D eigenvalue weighted by Gasteiger charge is 2.01. The summed E-state index contributed by atoms with van der Waals surface area (Å²) >= 11 is 0. The van der Waals surface area contributed by atoms with Gasteiger partial charge in [-0.3, -0.25) is 14.5 Å². The van der Waals surface area contributed by atoms with E-state index in [4.69, 9.17) is 5.73 Å². The number of aromatic nitrogens is 3. The van der Waals surface area contributed by atoms with Crippen LogP contribution >= 0.6 is 0 Å². The van der Waals surface area contributed by atoms with Gasteiger partial charge in [0.1, 0.15) is 5.82 Å². The third kappa shape index (κ3) is 1.20. The molecule has 0 aliphatic heterocycles. The lowest BCUT2D eigenvalue weighted by Crippen LogP contribution is -2.20. The molecule has 2 rings (SSSR count). The zero-order valence-corrected chi connectivity index (χ0v) is 6.77. The lowest BCUT2D eigenvalue weighted by Gasteiger charge is -2.01. The predicted molar refractivity (Wildman–Crippen MR) is 48.6 cm³/mol. The Morgan fingerprint density at radius 1 is 1.46 bits per heavy atom. The Kier molecular flexibility index (Phi) is 1.63. The number of aromatic amines is 1. The maximum atomic E-state index is 11.5. The summed E-state index contributed by atoms with van der Waals surface area (Å²) in [4.78, 5) is 11.5. The number of rotatable bonds is 1. The van der Waals surface area contributed by atoms with Crippen molar-refractivity contribution in [2.45, 2.75) is 0 Å². The maximum absolute atomic E-state index is 11.5. The Balaban J connectivity index is 2.66. The quantitative estimate of drug-likeness (QED) is 0.649. The van der Waals surface area contributed by atoms with Crippen molar-refractivity contribution in [1.29, 1.82) is 0 Å². The molecule has 0 aliphatic carbocycles. The molecule has 0 saturated carbocycles. The number of hydrogen-bond acceptors (Lipinski definition) is 3. The Morgan fingerprint density at radius 2 is 2.31 bits per heavy atom.